The molecule has 1 atom stereocenters. The molecule has 0 aliphatic carbocycles. The molecule has 0 fully saturated rings. The molecular weight excluding hydrogens is 448 g/mol. The number of aromatic nitrogens is 4. The normalized spacial score (nSPS) is 12.2. The van der Waals surface area contributed by atoms with Crippen LogP contribution in [0.1, 0.15) is 31.4 Å². The summed E-state index contributed by atoms with van der Waals surface area (Å²) in [5.74, 6) is 0.435. The van der Waals surface area contributed by atoms with Crippen molar-refractivity contribution in [1.29, 1.82) is 0 Å². The number of hydrogen-bond donors (Lipinski definition) is 2. The van der Waals surface area contributed by atoms with E-state index < -0.39 is 22.2 Å². The fourth-order valence-corrected chi connectivity index (χ4v) is 4.29. The van der Waals surface area contributed by atoms with Crippen LogP contribution in [0.5, 0.6) is 6.01 Å². The number of nitrogens with one attached hydrogen (secondary N) is 2. The third-order valence-electron chi connectivity index (χ3n) is 4.69. The van der Waals surface area contributed by atoms with Crippen LogP contribution in [0.2, 0.25) is 0 Å². The molecular formula is C21H26N6O5S. The van der Waals surface area contributed by atoms with E-state index in [9.17, 15) is 13.2 Å². The van der Waals surface area contributed by atoms with Crippen LogP contribution in [0.15, 0.2) is 53.6 Å². The number of pyridine rings is 1. The largest absolute Gasteiger partial charge is 0.467 e. The number of anilines is 1. The first-order chi connectivity index (χ1) is 15.8. The first kappa shape index (κ1) is 24.1. The Balaban J connectivity index is 1.57. The van der Waals surface area contributed by atoms with Gasteiger partial charge in [0.2, 0.25) is 10.0 Å². The van der Waals surface area contributed by atoms with Crippen molar-refractivity contribution in [2.24, 2.45) is 0 Å². The lowest BCUT2D eigenvalue weighted by Gasteiger charge is -2.15. The number of hydrogen-bond acceptors (Lipinski definition) is 8. The number of ether oxygens (including phenoxy) is 2. The van der Waals surface area contributed by atoms with Crippen LogP contribution < -0.4 is 14.8 Å². The van der Waals surface area contributed by atoms with Crippen molar-refractivity contribution in [3.05, 3.63) is 60.2 Å². The zero-order valence-electron chi connectivity index (χ0n) is 18.6. The summed E-state index contributed by atoms with van der Waals surface area (Å²) in [5.41, 5.74) is 1.22. The number of nitrogens with zero attached hydrogens (tertiary/aromatic N) is 4. The molecule has 0 bridgehead atoms. The quantitative estimate of drug-likeness (QED) is 0.457. The maximum Gasteiger partial charge on any atom is 0.411 e. The van der Waals surface area contributed by atoms with Crippen LogP contribution in [-0.2, 0) is 27.7 Å². The summed E-state index contributed by atoms with van der Waals surface area (Å²) in [5, 5.41) is 10.5. The molecule has 0 saturated carbocycles. The molecule has 176 valence electrons. The minimum absolute atomic E-state index is 0.0398. The van der Waals surface area contributed by atoms with Gasteiger partial charge >= 0.3 is 12.1 Å². The molecule has 2 N–H and O–H groups in total. The molecule has 3 rings (SSSR count). The summed E-state index contributed by atoms with van der Waals surface area (Å²) in [6.07, 6.45) is 1.53. The van der Waals surface area contributed by atoms with Crippen molar-refractivity contribution in [3.63, 3.8) is 0 Å². The van der Waals surface area contributed by atoms with Crippen LogP contribution in [0.25, 0.3) is 0 Å². The minimum atomic E-state index is -3.84. The summed E-state index contributed by atoms with van der Waals surface area (Å²) < 4.78 is 40.1. The third kappa shape index (κ3) is 6.26. The molecule has 12 heteroatoms. The fraction of sp³-hybridized carbons (Fsp3) is 0.333. The van der Waals surface area contributed by atoms with Gasteiger partial charge in [0.15, 0.2) is 5.82 Å². The Morgan fingerprint density at radius 1 is 1.15 bits per heavy atom. The van der Waals surface area contributed by atoms with Crippen molar-refractivity contribution in [1.82, 2.24) is 24.5 Å². The second kappa shape index (κ2) is 10.9. The van der Waals surface area contributed by atoms with Crippen molar-refractivity contribution in [2.75, 3.05) is 19.0 Å². The molecule has 3 aromatic rings. The Kier molecular flexibility index (Phi) is 7.96. The maximum atomic E-state index is 12.8. The highest BCUT2D eigenvalue weighted by molar-refractivity contribution is 7.89. The lowest BCUT2D eigenvalue weighted by atomic mass is 10.3. The highest BCUT2D eigenvalue weighted by atomic mass is 32.2. The minimum Gasteiger partial charge on any atom is -0.467 e. The summed E-state index contributed by atoms with van der Waals surface area (Å²) in [7, 11) is -2.37. The summed E-state index contributed by atoms with van der Waals surface area (Å²) in [4.78, 5) is 16.2. The zero-order valence-corrected chi connectivity index (χ0v) is 19.4. The molecule has 1 aromatic carbocycles. The van der Waals surface area contributed by atoms with Gasteiger partial charge in [-0.05, 0) is 50.2 Å². The van der Waals surface area contributed by atoms with E-state index in [1.54, 1.807) is 17.7 Å². The molecule has 11 nitrogen and oxygen atoms in total. The smallest absolute Gasteiger partial charge is 0.411 e. The molecule has 0 unspecified atom stereocenters. The summed E-state index contributed by atoms with van der Waals surface area (Å²) in [6.45, 7) is 4.25. The van der Waals surface area contributed by atoms with E-state index >= 15 is 0 Å². The molecule has 2 heterocycles. The maximum absolute atomic E-state index is 12.8. The molecule has 0 spiro atoms. The van der Waals surface area contributed by atoms with Crippen LogP contribution >= 0.6 is 0 Å². The van der Waals surface area contributed by atoms with E-state index in [1.807, 2.05) is 25.1 Å². The van der Waals surface area contributed by atoms with Gasteiger partial charge in [-0.25, -0.2) is 17.9 Å². The van der Waals surface area contributed by atoms with Gasteiger partial charge in [0.05, 0.1) is 24.7 Å². The lowest BCUT2D eigenvalue weighted by molar-refractivity contribution is 0.162. The van der Waals surface area contributed by atoms with Gasteiger partial charge in [0.25, 0.3) is 0 Å². The molecule has 0 saturated heterocycles. The van der Waals surface area contributed by atoms with Crippen LogP contribution in [0, 0.1) is 0 Å². The van der Waals surface area contributed by atoms with E-state index in [0.29, 0.717) is 30.5 Å². The standard InChI is InChI=1S/C21H26N6O5S/c1-4-27-19(24-25-20(27)31-3)15(2)26-33(29,30)18-10-8-17(9-11-18)23-21(28)32-14-12-16-7-5-6-13-22-16/h5-11,13,15,26H,4,12,14H2,1-3H3,(H,23,28)/t15-/m1/s1. The Morgan fingerprint density at radius 3 is 2.55 bits per heavy atom. The van der Waals surface area contributed by atoms with E-state index in [1.165, 1.54) is 31.4 Å². The van der Waals surface area contributed by atoms with Crippen LogP contribution in [0.3, 0.4) is 0 Å². The fourth-order valence-electron chi connectivity index (χ4n) is 3.09. The van der Waals surface area contributed by atoms with Gasteiger partial charge < -0.3 is 9.47 Å². The molecule has 1 amide bonds. The van der Waals surface area contributed by atoms with Gasteiger partial charge in [-0.2, -0.15) is 0 Å². The number of sulfonamides is 1. The van der Waals surface area contributed by atoms with E-state index in [-0.39, 0.29) is 11.5 Å². The Bertz CT molecular complexity index is 1170. The highest BCUT2D eigenvalue weighted by Gasteiger charge is 2.23. The molecule has 0 aliphatic rings. The Labute approximate surface area is 192 Å². The SMILES string of the molecule is CCn1c(OC)nnc1[C@@H](C)NS(=O)(=O)c1ccc(NC(=O)OCCc2ccccn2)cc1. The lowest BCUT2D eigenvalue weighted by Crippen LogP contribution is -2.29. The van der Waals surface area contributed by atoms with Crippen LogP contribution in [-0.4, -0.2) is 48.0 Å². The molecule has 0 radical (unpaired) electrons. The van der Waals surface area contributed by atoms with Crippen molar-refractivity contribution >= 4 is 21.8 Å². The van der Waals surface area contributed by atoms with E-state index in [4.69, 9.17) is 9.47 Å². The second-order valence-electron chi connectivity index (χ2n) is 6.99. The van der Waals surface area contributed by atoms with E-state index in [2.05, 4.69) is 25.2 Å². The predicted molar refractivity (Wildman–Crippen MR) is 120 cm³/mol. The average Bonchev–Trinajstić information content (AvgIpc) is 3.23. The number of carbonyl (C=O) groups is 1. The highest BCUT2D eigenvalue weighted by Crippen LogP contribution is 2.20. The van der Waals surface area contributed by atoms with Crippen LogP contribution in [0.4, 0.5) is 10.5 Å². The topological polar surface area (TPSA) is 137 Å². The summed E-state index contributed by atoms with van der Waals surface area (Å²) >= 11 is 0. The van der Waals surface area contributed by atoms with Crippen molar-refractivity contribution in [3.8, 4) is 6.01 Å². The second-order valence-corrected chi connectivity index (χ2v) is 8.70. The van der Waals surface area contributed by atoms with Gasteiger partial charge in [-0.15, -0.1) is 5.10 Å². The van der Waals surface area contributed by atoms with Gasteiger partial charge in [0.1, 0.15) is 0 Å². The van der Waals surface area contributed by atoms with Gasteiger partial charge in [0, 0.05) is 30.5 Å². The number of benzene rings is 1. The third-order valence-corrected chi connectivity index (χ3v) is 6.25. The monoisotopic (exact) mass is 474 g/mol. The average molecular weight is 475 g/mol. The van der Waals surface area contributed by atoms with Gasteiger partial charge in [-0.1, -0.05) is 11.2 Å². The number of amides is 1. The van der Waals surface area contributed by atoms with Gasteiger partial charge in [-0.3, -0.25) is 14.9 Å². The number of methoxy groups -OCH3 is 1. The number of rotatable bonds is 10. The number of carbonyl (C=O) groups excluding carboxylic acids is 1. The predicted octanol–water partition coefficient (Wildman–Crippen LogP) is 2.53. The molecule has 33 heavy (non-hydrogen) atoms. The molecule has 2 aromatic heterocycles. The first-order valence-corrected chi connectivity index (χ1v) is 11.8. The first-order valence-electron chi connectivity index (χ1n) is 10.3. The Morgan fingerprint density at radius 2 is 1.91 bits per heavy atom. The van der Waals surface area contributed by atoms with Crippen molar-refractivity contribution in [2.45, 2.75) is 37.8 Å². The summed E-state index contributed by atoms with van der Waals surface area (Å²) in [6, 6.07) is 10.9. The Hall–Kier alpha value is -3.51. The van der Waals surface area contributed by atoms with E-state index in [0.717, 1.165) is 5.69 Å². The zero-order chi connectivity index (χ0) is 23.8. The molecule has 0 aliphatic heterocycles. The van der Waals surface area contributed by atoms with Crippen molar-refractivity contribution < 1.29 is 22.7 Å².